The van der Waals surface area contributed by atoms with Crippen LogP contribution in [-0.2, 0) is 28.7 Å². The normalized spacial score (nSPS) is 35.2. The number of nitrogens with one attached hydrogen (secondary N) is 1. The zero-order valence-electron chi connectivity index (χ0n) is 26.9. The number of hydrogen-bond acceptors (Lipinski definition) is 9. The SMILES string of the molecule is CCC(=O)C[C@H](C(=O)N(C)[C@H](C[C@@H](OC(C)=O)c1nc(C(=O)NC23C4C5C2C2C3C4C52C(=O)OC)cs1)C(C)C)[C@H](C)CC. The highest BCUT2D eigenvalue weighted by molar-refractivity contribution is 7.09. The standard InChI is InChI=1S/C33H45N3O7S/c1-9-15(5)18(11-17(38)10-2)30(40)36(7)20(14(3)4)12-21(43-16(6)37)29-34-19(13-44-29)28(39)35-33-25-22-26(33)24-27(33)23(25)32(22,24)31(41)42-8/h13-15,18,20-27H,9-12H2,1-8H3,(H,35,39)/t15-,18+,20-,21-,22?,23?,24?,25?,26?,27?,32?,33?/m1/s1. The molecule has 240 valence electrons. The molecule has 44 heavy (non-hydrogen) atoms. The van der Waals surface area contributed by atoms with Crippen molar-refractivity contribution in [2.75, 3.05) is 14.2 Å². The summed E-state index contributed by atoms with van der Waals surface area (Å²) < 4.78 is 10.9. The fraction of sp³-hybridized carbons (Fsp3) is 0.758. The highest BCUT2D eigenvalue weighted by Crippen LogP contribution is 3.07. The number of aromatic nitrogens is 1. The van der Waals surface area contributed by atoms with Gasteiger partial charge in [-0.25, -0.2) is 4.98 Å². The van der Waals surface area contributed by atoms with E-state index in [1.807, 2.05) is 34.6 Å². The third-order valence-electron chi connectivity index (χ3n) is 12.4. The molecule has 6 aliphatic carbocycles. The molecule has 1 heterocycles. The zero-order valence-corrected chi connectivity index (χ0v) is 27.7. The van der Waals surface area contributed by atoms with Crippen molar-refractivity contribution in [2.24, 2.45) is 58.7 Å². The van der Waals surface area contributed by atoms with Crippen LogP contribution < -0.4 is 5.32 Å². The molecule has 0 aromatic carbocycles. The summed E-state index contributed by atoms with van der Waals surface area (Å²) in [5, 5.41) is 5.51. The fourth-order valence-electron chi connectivity index (χ4n) is 10.3. The Morgan fingerprint density at radius 3 is 2.16 bits per heavy atom. The largest absolute Gasteiger partial charge is 0.469 e. The van der Waals surface area contributed by atoms with Crippen LogP contribution in [0.3, 0.4) is 0 Å². The molecule has 0 unspecified atom stereocenters. The molecule has 10 nitrogen and oxygen atoms in total. The van der Waals surface area contributed by atoms with Gasteiger partial charge in [-0.2, -0.15) is 0 Å². The van der Waals surface area contributed by atoms with Crippen LogP contribution in [0.25, 0.3) is 0 Å². The average Bonchev–Trinajstić information content (AvgIpc) is 3.50. The number of carbonyl (C=O) groups is 5. The van der Waals surface area contributed by atoms with E-state index in [1.165, 1.54) is 25.4 Å². The van der Waals surface area contributed by atoms with Gasteiger partial charge in [0.25, 0.3) is 5.91 Å². The van der Waals surface area contributed by atoms with Crippen molar-refractivity contribution in [3.05, 3.63) is 16.1 Å². The molecular formula is C33H45N3O7S. The summed E-state index contributed by atoms with van der Waals surface area (Å²) in [6.45, 7) is 11.2. The van der Waals surface area contributed by atoms with Crippen molar-refractivity contribution < 1.29 is 33.4 Å². The Kier molecular flexibility index (Phi) is 7.53. The Morgan fingerprint density at radius 1 is 1.05 bits per heavy atom. The summed E-state index contributed by atoms with van der Waals surface area (Å²) >= 11 is 1.27. The minimum atomic E-state index is -0.732. The summed E-state index contributed by atoms with van der Waals surface area (Å²) in [5.74, 6) is 1.03. The summed E-state index contributed by atoms with van der Waals surface area (Å²) in [7, 11) is 3.22. The molecule has 1 aromatic heterocycles. The number of methoxy groups -OCH3 is 1. The smallest absolute Gasteiger partial charge is 0.312 e. The van der Waals surface area contributed by atoms with Crippen LogP contribution in [-0.4, -0.2) is 65.2 Å². The molecule has 2 amide bonds. The van der Waals surface area contributed by atoms with Crippen LogP contribution in [0.15, 0.2) is 5.38 Å². The average molecular weight is 628 g/mol. The maximum atomic E-state index is 13.8. The molecule has 11 heteroatoms. The zero-order chi connectivity index (χ0) is 32.0. The topological polar surface area (TPSA) is 132 Å². The molecule has 0 saturated heterocycles. The first-order valence-corrected chi connectivity index (χ1v) is 17.0. The van der Waals surface area contributed by atoms with E-state index in [0.717, 1.165) is 6.42 Å². The van der Waals surface area contributed by atoms with Gasteiger partial charge in [0.2, 0.25) is 5.91 Å². The first-order valence-electron chi connectivity index (χ1n) is 16.1. The quantitative estimate of drug-likeness (QED) is 0.288. The van der Waals surface area contributed by atoms with Gasteiger partial charge in [0, 0.05) is 50.6 Å². The maximum absolute atomic E-state index is 13.8. The van der Waals surface area contributed by atoms with Crippen molar-refractivity contribution in [1.29, 1.82) is 0 Å². The van der Waals surface area contributed by atoms with Crippen LogP contribution in [0, 0.1) is 58.7 Å². The minimum absolute atomic E-state index is 0.0335. The molecule has 6 fully saturated rings. The van der Waals surface area contributed by atoms with Crippen molar-refractivity contribution in [3.8, 4) is 0 Å². The predicted octanol–water partition coefficient (Wildman–Crippen LogP) is 4.05. The van der Waals surface area contributed by atoms with E-state index in [1.54, 1.807) is 17.3 Å². The lowest BCUT2D eigenvalue weighted by molar-refractivity contribution is -0.609. The van der Waals surface area contributed by atoms with Gasteiger partial charge in [-0.15, -0.1) is 11.3 Å². The molecule has 0 radical (unpaired) electrons. The third-order valence-corrected chi connectivity index (χ3v) is 13.3. The Labute approximate surface area is 263 Å². The minimum Gasteiger partial charge on any atom is -0.469 e. The number of ether oxygens (including phenoxy) is 2. The Hall–Kier alpha value is -2.82. The van der Waals surface area contributed by atoms with Crippen LogP contribution in [0.2, 0.25) is 0 Å². The van der Waals surface area contributed by atoms with E-state index in [4.69, 9.17) is 9.47 Å². The first-order chi connectivity index (χ1) is 20.8. The third kappa shape index (κ3) is 3.76. The van der Waals surface area contributed by atoms with Crippen molar-refractivity contribution >= 4 is 40.9 Å². The van der Waals surface area contributed by atoms with Gasteiger partial charge >= 0.3 is 11.9 Å². The lowest BCUT2D eigenvalue weighted by Gasteiger charge is -3.09. The van der Waals surface area contributed by atoms with Gasteiger partial charge in [0.15, 0.2) is 6.10 Å². The number of Topliss-reactive ketones (excluding diaryl/α,β-unsaturated/α-hetero) is 1. The van der Waals surface area contributed by atoms with E-state index in [2.05, 4.69) is 10.3 Å². The Balaban J connectivity index is 1.14. The molecule has 1 aromatic rings. The summed E-state index contributed by atoms with van der Waals surface area (Å²) in [6, 6.07) is -0.287. The van der Waals surface area contributed by atoms with Crippen LogP contribution >= 0.6 is 11.3 Å². The fourth-order valence-corrected chi connectivity index (χ4v) is 11.1. The van der Waals surface area contributed by atoms with E-state index >= 15 is 0 Å². The second-order valence-electron chi connectivity index (χ2n) is 14.2. The molecule has 0 spiro atoms. The molecule has 0 aliphatic heterocycles. The summed E-state index contributed by atoms with van der Waals surface area (Å²) in [5.41, 5.74) is -0.157. The number of ketones is 1. The number of carbonyl (C=O) groups excluding carboxylic acids is 5. The van der Waals surface area contributed by atoms with E-state index in [0.29, 0.717) is 59.1 Å². The van der Waals surface area contributed by atoms with E-state index in [9.17, 15) is 24.0 Å². The molecule has 6 saturated carbocycles. The van der Waals surface area contributed by atoms with E-state index < -0.39 is 18.0 Å². The van der Waals surface area contributed by atoms with Crippen molar-refractivity contribution in [3.63, 3.8) is 0 Å². The van der Waals surface area contributed by atoms with Crippen molar-refractivity contribution in [2.45, 2.75) is 84.9 Å². The van der Waals surface area contributed by atoms with Gasteiger partial charge in [-0.3, -0.25) is 24.0 Å². The molecule has 1 N–H and O–H groups in total. The van der Waals surface area contributed by atoms with Crippen LogP contribution in [0.5, 0.6) is 0 Å². The summed E-state index contributed by atoms with van der Waals surface area (Å²) in [6.07, 6.45) is 0.980. The number of amides is 2. The Morgan fingerprint density at radius 2 is 1.66 bits per heavy atom. The van der Waals surface area contributed by atoms with Crippen LogP contribution in [0.1, 0.15) is 88.8 Å². The van der Waals surface area contributed by atoms with E-state index in [-0.39, 0.29) is 58.8 Å². The monoisotopic (exact) mass is 627 g/mol. The summed E-state index contributed by atoms with van der Waals surface area (Å²) in [4.78, 5) is 70.5. The lowest BCUT2D eigenvalue weighted by Crippen LogP contribution is -3.16. The number of thiazole rings is 1. The van der Waals surface area contributed by atoms with Gasteiger partial charge in [0.05, 0.1) is 18.1 Å². The van der Waals surface area contributed by atoms with Gasteiger partial charge < -0.3 is 19.7 Å². The second-order valence-corrected chi connectivity index (χ2v) is 15.1. The van der Waals surface area contributed by atoms with Gasteiger partial charge in [-0.05, 0) is 47.3 Å². The molecule has 4 atom stereocenters. The number of hydrogen-bond donors (Lipinski definition) is 1. The molecular weight excluding hydrogens is 582 g/mol. The molecule has 7 rings (SSSR count). The molecule has 6 aliphatic rings. The van der Waals surface area contributed by atoms with Crippen LogP contribution in [0.4, 0.5) is 0 Å². The second kappa shape index (κ2) is 10.6. The van der Waals surface area contributed by atoms with Crippen molar-refractivity contribution in [1.82, 2.24) is 15.2 Å². The predicted molar refractivity (Wildman–Crippen MR) is 161 cm³/mol. The number of nitrogens with zero attached hydrogens (tertiary/aromatic N) is 2. The first kappa shape index (κ1) is 31.2. The maximum Gasteiger partial charge on any atom is 0.312 e. The number of esters is 2. The Bertz CT molecular complexity index is 1350. The molecule has 0 bridgehead atoms. The lowest BCUT2D eigenvalue weighted by atomic mass is 8.94. The van der Waals surface area contributed by atoms with Gasteiger partial charge in [0.1, 0.15) is 16.5 Å². The van der Waals surface area contributed by atoms with Gasteiger partial charge in [-0.1, -0.05) is 41.0 Å². The highest BCUT2D eigenvalue weighted by atomic mass is 32.1. The highest BCUT2D eigenvalue weighted by Gasteiger charge is 3.12. The number of rotatable bonds is 15.